The summed E-state index contributed by atoms with van der Waals surface area (Å²) in [4.78, 5) is 0. The smallest absolute Gasteiger partial charge is 0.0732 e. The average molecular weight is 344 g/mol. The first-order valence-corrected chi connectivity index (χ1v) is 7.32. The zero-order valence-corrected chi connectivity index (χ0v) is 12.8. The molecule has 0 aliphatic heterocycles. The highest BCUT2D eigenvalue weighted by Crippen LogP contribution is 2.25. The lowest BCUT2D eigenvalue weighted by molar-refractivity contribution is 0.226. The summed E-state index contributed by atoms with van der Waals surface area (Å²) < 4.78 is 1.29. The first-order valence-electron chi connectivity index (χ1n) is 6.24. The van der Waals surface area contributed by atoms with Gasteiger partial charge < -0.3 is 5.11 Å². The van der Waals surface area contributed by atoms with Gasteiger partial charge in [-0.15, -0.1) is 0 Å². The van der Waals surface area contributed by atoms with Crippen molar-refractivity contribution in [3.8, 4) is 0 Å². The maximum atomic E-state index is 9.82. The third-order valence-electron chi connectivity index (χ3n) is 2.85. The Balaban J connectivity index is 2.77. The number of aliphatic hydroxyl groups excluding tert-OH is 1. The molecule has 1 aromatic carbocycles. The van der Waals surface area contributed by atoms with E-state index in [1.54, 1.807) is 0 Å². The first-order chi connectivity index (χ1) is 8.15. The lowest BCUT2D eigenvalue weighted by Gasteiger charge is -2.14. The van der Waals surface area contributed by atoms with Crippen LogP contribution in [0.25, 0.3) is 0 Å². The summed E-state index contributed by atoms with van der Waals surface area (Å²) in [7, 11) is 0. The molecular formula is C15H21IO. The topological polar surface area (TPSA) is 20.2 Å². The molecule has 0 amide bonds. The lowest BCUT2D eigenvalue weighted by atomic mass is 10.0. The maximum Gasteiger partial charge on any atom is 0.0732 e. The monoisotopic (exact) mass is 344 g/mol. The van der Waals surface area contributed by atoms with Crippen molar-refractivity contribution in [3.63, 3.8) is 0 Å². The molecule has 1 N–H and O–H groups in total. The van der Waals surface area contributed by atoms with Crippen molar-refractivity contribution < 1.29 is 5.11 Å². The van der Waals surface area contributed by atoms with E-state index in [0.29, 0.717) is 0 Å². The molecule has 0 fully saturated rings. The van der Waals surface area contributed by atoms with Crippen molar-refractivity contribution in [2.75, 3.05) is 0 Å². The molecule has 0 radical (unpaired) electrons. The van der Waals surface area contributed by atoms with Gasteiger partial charge in [0.05, 0.1) is 6.10 Å². The lowest BCUT2D eigenvalue weighted by Crippen LogP contribution is -2.07. The van der Waals surface area contributed by atoms with Gasteiger partial charge in [-0.2, -0.15) is 0 Å². The summed E-state index contributed by atoms with van der Waals surface area (Å²) in [6.45, 7) is 4.05. The van der Waals surface area contributed by atoms with Gasteiger partial charge in [0.2, 0.25) is 0 Å². The SMILES string of the molecule is CCCC/C(=C(/I)Cc1ccccc1)C(C)O. The van der Waals surface area contributed by atoms with Crippen LogP contribution in [-0.2, 0) is 6.42 Å². The molecule has 1 atom stereocenters. The first kappa shape index (κ1) is 14.7. The zero-order valence-electron chi connectivity index (χ0n) is 10.6. The Morgan fingerprint density at radius 1 is 1.29 bits per heavy atom. The van der Waals surface area contributed by atoms with Crippen LogP contribution in [0.1, 0.15) is 38.7 Å². The Bertz CT molecular complexity index is 354. The average Bonchev–Trinajstić information content (AvgIpc) is 2.30. The molecule has 94 valence electrons. The van der Waals surface area contributed by atoms with Gasteiger partial charge in [0.1, 0.15) is 0 Å². The molecule has 2 heteroatoms. The molecule has 0 aromatic heterocycles. The molecule has 1 rings (SSSR count). The Hall–Kier alpha value is -0.350. The molecule has 0 heterocycles. The van der Waals surface area contributed by atoms with Crippen LogP contribution < -0.4 is 0 Å². The van der Waals surface area contributed by atoms with E-state index < -0.39 is 0 Å². The largest absolute Gasteiger partial charge is 0.389 e. The van der Waals surface area contributed by atoms with E-state index in [2.05, 4.69) is 53.8 Å². The van der Waals surface area contributed by atoms with Gasteiger partial charge >= 0.3 is 0 Å². The van der Waals surface area contributed by atoms with E-state index in [-0.39, 0.29) is 6.10 Å². The predicted molar refractivity (Wildman–Crippen MR) is 82.4 cm³/mol. The van der Waals surface area contributed by atoms with E-state index >= 15 is 0 Å². The maximum absolute atomic E-state index is 9.82. The van der Waals surface area contributed by atoms with E-state index in [4.69, 9.17) is 0 Å². The van der Waals surface area contributed by atoms with Crippen LogP contribution in [0.2, 0.25) is 0 Å². The fourth-order valence-corrected chi connectivity index (χ4v) is 2.99. The number of hydrogen-bond donors (Lipinski definition) is 1. The molecule has 1 nitrogen and oxygen atoms in total. The van der Waals surface area contributed by atoms with Crippen LogP contribution >= 0.6 is 22.6 Å². The minimum atomic E-state index is -0.322. The van der Waals surface area contributed by atoms with Crippen LogP contribution in [0, 0.1) is 0 Å². The number of allylic oxidation sites excluding steroid dienone is 1. The molecule has 17 heavy (non-hydrogen) atoms. The van der Waals surface area contributed by atoms with E-state index in [0.717, 1.165) is 19.3 Å². The summed E-state index contributed by atoms with van der Waals surface area (Å²) in [5.74, 6) is 0. The molecule has 0 saturated heterocycles. The highest BCUT2D eigenvalue weighted by atomic mass is 127. The molecule has 0 spiro atoms. The Labute approximate surface area is 118 Å². The van der Waals surface area contributed by atoms with E-state index in [1.165, 1.54) is 21.1 Å². The fourth-order valence-electron chi connectivity index (χ4n) is 1.83. The minimum Gasteiger partial charge on any atom is -0.389 e. The van der Waals surface area contributed by atoms with Crippen LogP contribution in [0.3, 0.4) is 0 Å². The standard InChI is InChI=1S/C15H21IO/c1-3-4-10-14(12(2)17)15(16)11-13-8-6-5-7-9-13/h5-9,12,17H,3-4,10-11H2,1-2H3/b15-14-. The van der Waals surface area contributed by atoms with Crippen molar-refractivity contribution in [1.29, 1.82) is 0 Å². The Morgan fingerprint density at radius 2 is 1.94 bits per heavy atom. The molecule has 0 aliphatic carbocycles. The quantitative estimate of drug-likeness (QED) is 0.754. The summed E-state index contributed by atoms with van der Waals surface area (Å²) in [5, 5.41) is 9.82. The summed E-state index contributed by atoms with van der Waals surface area (Å²) >= 11 is 2.38. The number of hydrogen-bond acceptors (Lipinski definition) is 1. The van der Waals surface area contributed by atoms with Gasteiger partial charge in [-0.25, -0.2) is 0 Å². The van der Waals surface area contributed by atoms with Gasteiger partial charge in [0.15, 0.2) is 0 Å². The van der Waals surface area contributed by atoms with Gasteiger partial charge in [-0.1, -0.05) is 43.7 Å². The number of rotatable bonds is 6. The number of aliphatic hydroxyl groups is 1. The molecule has 0 aliphatic rings. The second kappa shape index (κ2) is 7.88. The molecule has 0 saturated carbocycles. The predicted octanol–water partition coefficient (Wildman–Crippen LogP) is 4.49. The second-order valence-electron chi connectivity index (χ2n) is 4.37. The van der Waals surface area contributed by atoms with Crippen LogP contribution in [-0.4, -0.2) is 11.2 Å². The molecular weight excluding hydrogens is 323 g/mol. The summed E-state index contributed by atoms with van der Waals surface area (Å²) in [6, 6.07) is 10.4. The summed E-state index contributed by atoms with van der Waals surface area (Å²) in [5.41, 5.74) is 2.52. The van der Waals surface area contributed by atoms with Gasteiger partial charge in [0.25, 0.3) is 0 Å². The highest BCUT2D eigenvalue weighted by Gasteiger charge is 2.10. The number of unbranched alkanes of at least 4 members (excludes halogenated alkanes) is 1. The van der Waals surface area contributed by atoms with Crippen molar-refractivity contribution in [1.82, 2.24) is 0 Å². The minimum absolute atomic E-state index is 0.322. The van der Waals surface area contributed by atoms with Crippen molar-refractivity contribution in [2.45, 2.75) is 45.6 Å². The number of benzene rings is 1. The van der Waals surface area contributed by atoms with Crippen LogP contribution in [0.4, 0.5) is 0 Å². The van der Waals surface area contributed by atoms with Crippen molar-refractivity contribution in [3.05, 3.63) is 45.0 Å². The second-order valence-corrected chi connectivity index (χ2v) is 5.67. The Kier molecular flexibility index (Phi) is 6.82. The molecule has 1 unspecified atom stereocenters. The third-order valence-corrected chi connectivity index (χ3v) is 3.93. The fraction of sp³-hybridized carbons (Fsp3) is 0.467. The zero-order chi connectivity index (χ0) is 12.7. The van der Waals surface area contributed by atoms with Crippen molar-refractivity contribution in [2.24, 2.45) is 0 Å². The van der Waals surface area contributed by atoms with Gasteiger partial charge in [-0.3, -0.25) is 0 Å². The highest BCUT2D eigenvalue weighted by molar-refractivity contribution is 14.1. The third kappa shape index (κ3) is 5.21. The van der Waals surface area contributed by atoms with E-state index in [1.807, 2.05) is 13.0 Å². The van der Waals surface area contributed by atoms with Gasteiger partial charge in [-0.05, 0) is 57.1 Å². The summed E-state index contributed by atoms with van der Waals surface area (Å²) in [6.07, 6.45) is 3.95. The van der Waals surface area contributed by atoms with E-state index in [9.17, 15) is 5.11 Å². The molecule has 0 bridgehead atoms. The Morgan fingerprint density at radius 3 is 2.47 bits per heavy atom. The van der Waals surface area contributed by atoms with Crippen LogP contribution in [0.15, 0.2) is 39.5 Å². The normalized spacial score (nSPS) is 14.4. The van der Waals surface area contributed by atoms with Gasteiger partial charge in [0, 0.05) is 6.42 Å². The molecule has 1 aromatic rings. The van der Waals surface area contributed by atoms with Crippen molar-refractivity contribution >= 4 is 22.6 Å². The number of halogens is 1. The van der Waals surface area contributed by atoms with Crippen LogP contribution in [0.5, 0.6) is 0 Å².